The van der Waals surface area contributed by atoms with Crippen LogP contribution in [0.5, 0.6) is 0 Å². The summed E-state index contributed by atoms with van der Waals surface area (Å²) in [5.41, 5.74) is 10.5. The van der Waals surface area contributed by atoms with Gasteiger partial charge >= 0.3 is 0 Å². The Morgan fingerprint density at radius 2 is 0.600 bits per heavy atom. The second kappa shape index (κ2) is 10.5. The molecule has 3 heteroatoms. The molecule has 0 aromatic heterocycles. The van der Waals surface area contributed by atoms with Crippen molar-refractivity contribution in [1.82, 2.24) is 0 Å². The molecule has 2 radical (unpaired) electrons. The van der Waals surface area contributed by atoms with Gasteiger partial charge in [0.2, 0.25) is 0 Å². The van der Waals surface area contributed by atoms with Gasteiger partial charge in [0, 0.05) is 0 Å². The summed E-state index contributed by atoms with van der Waals surface area (Å²) in [7, 11) is -2.99. The molecule has 0 aliphatic rings. The van der Waals surface area contributed by atoms with Crippen LogP contribution in [-0.4, -0.2) is 18.1 Å². The molecule has 0 aliphatic carbocycles. The van der Waals surface area contributed by atoms with Crippen molar-refractivity contribution in [2.24, 2.45) is 0 Å². The van der Waals surface area contributed by atoms with E-state index >= 15 is 0 Å². The summed E-state index contributed by atoms with van der Waals surface area (Å²) in [4.78, 5) is 0. The van der Waals surface area contributed by atoms with Gasteiger partial charge < -0.3 is 4.12 Å². The molecular weight excluding hydrogens is 457 g/mol. The zero-order valence-electron chi connectivity index (χ0n) is 22.3. The maximum Gasteiger partial charge on any atom is 0.273 e. The van der Waals surface area contributed by atoms with Crippen molar-refractivity contribution < 1.29 is 4.12 Å². The summed E-state index contributed by atoms with van der Waals surface area (Å²) in [5, 5.41) is 5.41. The minimum absolute atomic E-state index is 1.29. The van der Waals surface area contributed by atoms with Crippen molar-refractivity contribution in [1.29, 1.82) is 0 Å². The fourth-order valence-electron chi connectivity index (χ4n) is 4.89. The molecule has 4 aromatic carbocycles. The minimum Gasteiger partial charge on any atom is -0.442 e. The maximum atomic E-state index is 7.48. The highest BCUT2D eigenvalue weighted by Gasteiger charge is 2.31. The predicted molar refractivity (Wildman–Crippen MR) is 155 cm³/mol. The lowest BCUT2D eigenvalue weighted by Crippen LogP contribution is -2.58. The summed E-state index contributed by atoms with van der Waals surface area (Å²) in [5.74, 6) is 0. The van der Waals surface area contributed by atoms with Crippen molar-refractivity contribution >= 4 is 38.8 Å². The Morgan fingerprint density at radius 1 is 0.371 bits per heavy atom. The molecule has 0 saturated carbocycles. The Kier molecular flexibility index (Phi) is 7.60. The van der Waals surface area contributed by atoms with Gasteiger partial charge in [-0.25, -0.2) is 0 Å². The third-order valence-electron chi connectivity index (χ3n) is 6.71. The van der Waals surface area contributed by atoms with Crippen LogP contribution in [-0.2, 0) is 4.12 Å². The van der Waals surface area contributed by atoms with Gasteiger partial charge in [-0.1, -0.05) is 95.1 Å². The smallest absolute Gasteiger partial charge is 0.273 e. The van der Waals surface area contributed by atoms with E-state index in [1.54, 1.807) is 0 Å². The lowest BCUT2D eigenvalue weighted by molar-refractivity contribution is 0.632. The van der Waals surface area contributed by atoms with Crippen LogP contribution in [0, 0.1) is 55.4 Å². The Labute approximate surface area is 215 Å². The molecule has 0 atom stereocenters. The fraction of sp³-hybridized carbons (Fsp3) is 0.250. The van der Waals surface area contributed by atoms with Crippen LogP contribution < -0.4 is 20.7 Å². The van der Waals surface area contributed by atoms with Crippen molar-refractivity contribution in [2.45, 2.75) is 55.4 Å². The lowest BCUT2D eigenvalue weighted by Gasteiger charge is -2.27. The van der Waals surface area contributed by atoms with Crippen LogP contribution >= 0.6 is 0 Å². The summed E-state index contributed by atoms with van der Waals surface area (Å²) in [6, 6.07) is 27.4. The minimum atomic E-state index is -1.49. The first-order chi connectivity index (χ1) is 16.6. The van der Waals surface area contributed by atoms with E-state index in [2.05, 4.69) is 128 Å². The van der Waals surface area contributed by atoms with Gasteiger partial charge in [0.25, 0.3) is 18.1 Å². The second-order valence-corrected chi connectivity index (χ2v) is 14.3. The quantitative estimate of drug-likeness (QED) is 0.341. The van der Waals surface area contributed by atoms with E-state index in [1.807, 2.05) is 0 Å². The van der Waals surface area contributed by atoms with Gasteiger partial charge in [-0.05, 0) is 98.4 Å². The van der Waals surface area contributed by atoms with E-state index in [9.17, 15) is 0 Å². The molecule has 35 heavy (non-hydrogen) atoms. The molecular formula is C32H36OSi2. The average Bonchev–Trinajstić information content (AvgIpc) is 2.77. The molecule has 0 heterocycles. The van der Waals surface area contributed by atoms with E-state index in [4.69, 9.17) is 4.12 Å². The SMILES string of the molecule is Cc1ccc([Si](O[Si](c2ccc(C)cc2C)c2ccc(C)cc2C)c2ccc(C)cc2C)c(C)c1. The Hall–Kier alpha value is -2.73. The van der Waals surface area contributed by atoms with E-state index < -0.39 is 18.1 Å². The van der Waals surface area contributed by atoms with E-state index in [1.165, 1.54) is 65.3 Å². The lowest BCUT2D eigenvalue weighted by atomic mass is 10.1. The maximum absolute atomic E-state index is 7.48. The predicted octanol–water partition coefficient (Wildman–Crippen LogP) is 5.08. The molecule has 178 valence electrons. The first-order valence-electron chi connectivity index (χ1n) is 12.4. The summed E-state index contributed by atoms with van der Waals surface area (Å²) < 4.78 is 7.48. The molecule has 4 rings (SSSR count). The first-order valence-corrected chi connectivity index (χ1v) is 15.2. The standard InChI is InChI=1S/C32H36OSi2/c1-21-9-13-29(25(5)17-21)34(30-14-10-22(2)18-26(30)6)33-35(31-15-11-23(3)19-27(31)7)32-16-12-24(4)20-28(32)8/h9-20H,1-8H3. The van der Waals surface area contributed by atoms with Crippen LogP contribution in [0.1, 0.15) is 44.5 Å². The molecule has 0 bridgehead atoms. The van der Waals surface area contributed by atoms with Gasteiger partial charge in [-0.3, -0.25) is 0 Å². The molecule has 1 nitrogen and oxygen atoms in total. The Balaban J connectivity index is 1.93. The highest BCUT2D eigenvalue weighted by molar-refractivity contribution is 6.92. The van der Waals surface area contributed by atoms with Crippen molar-refractivity contribution in [3.8, 4) is 0 Å². The van der Waals surface area contributed by atoms with Gasteiger partial charge in [0.1, 0.15) is 0 Å². The zero-order valence-corrected chi connectivity index (χ0v) is 24.3. The van der Waals surface area contributed by atoms with E-state index in [0.717, 1.165) is 0 Å². The number of aryl methyl sites for hydroxylation is 8. The van der Waals surface area contributed by atoms with Gasteiger partial charge in [0.05, 0.1) is 0 Å². The average molecular weight is 493 g/mol. The Morgan fingerprint density at radius 3 is 0.800 bits per heavy atom. The molecule has 4 aromatic rings. The number of benzene rings is 4. The number of hydrogen-bond acceptors (Lipinski definition) is 1. The van der Waals surface area contributed by atoms with Gasteiger partial charge in [-0.2, -0.15) is 0 Å². The van der Waals surface area contributed by atoms with Crippen molar-refractivity contribution in [3.05, 3.63) is 117 Å². The number of rotatable bonds is 6. The highest BCUT2D eigenvalue weighted by Crippen LogP contribution is 2.12. The largest absolute Gasteiger partial charge is 0.442 e. The van der Waals surface area contributed by atoms with Crippen molar-refractivity contribution in [2.75, 3.05) is 0 Å². The third-order valence-corrected chi connectivity index (χ3v) is 12.5. The van der Waals surface area contributed by atoms with E-state index in [-0.39, 0.29) is 0 Å². The third kappa shape index (κ3) is 5.58. The molecule has 0 fully saturated rings. The number of hydrogen-bond donors (Lipinski definition) is 0. The van der Waals surface area contributed by atoms with Gasteiger partial charge in [0.15, 0.2) is 0 Å². The van der Waals surface area contributed by atoms with Crippen LogP contribution in [0.25, 0.3) is 0 Å². The van der Waals surface area contributed by atoms with Crippen LogP contribution in [0.4, 0.5) is 0 Å². The molecule has 0 aliphatic heterocycles. The van der Waals surface area contributed by atoms with Crippen LogP contribution in [0.15, 0.2) is 72.8 Å². The topological polar surface area (TPSA) is 9.23 Å². The fourth-order valence-corrected chi connectivity index (χ4v) is 10.7. The first kappa shape index (κ1) is 25.4. The van der Waals surface area contributed by atoms with Gasteiger partial charge in [-0.15, -0.1) is 0 Å². The summed E-state index contributed by atoms with van der Waals surface area (Å²) >= 11 is 0. The highest BCUT2D eigenvalue weighted by atomic mass is 28.4. The Bertz CT molecular complexity index is 1160. The molecule has 0 saturated heterocycles. The normalized spacial score (nSPS) is 11.5. The summed E-state index contributed by atoms with van der Waals surface area (Å²) in [6.45, 7) is 17.6. The second-order valence-electron chi connectivity index (χ2n) is 10.0. The molecule has 0 spiro atoms. The van der Waals surface area contributed by atoms with Crippen LogP contribution in [0.3, 0.4) is 0 Å². The molecule has 0 N–H and O–H groups in total. The monoisotopic (exact) mass is 492 g/mol. The molecule has 0 amide bonds. The van der Waals surface area contributed by atoms with Crippen LogP contribution in [0.2, 0.25) is 0 Å². The zero-order chi connectivity index (χ0) is 25.3. The molecule has 0 unspecified atom stereocenters. The van der Waals surface area contributed by atoms with Crippen molar-refractivity contribution in [3.63, 3.8) is 0 Å². The summed E-state index contributed by atoms with van der Waals surface area (Å²) in [6.07, 6.45) is 0. The van der Waals surface area contributed by atoms with E-state index in [0.29, 0.717) is 0 Å².